The fraction of sp³-hybridized carbons (Fsp3) is 0.235. The Kier molecular flexibility index (Phi) is 4.93. The minimum atomic E-state index is -4.51. The molecule has 0 aromatic heterocycles. The molecule has 0 fully saturated rings. The highest BCUT2D eigenvalue weighted by atomic mass is 19.4. The first-order chi connectivity index (χ1) is 10.9. The lowest BCUT2D eigenvalue weighted by molar-refractivity contribution is -0.137. The standard InChI is InChI=1S/C17H15F3O3/c1-3-23-16(21)12-9-7-11(8-10-12)15-13(17(18,19)20)5-4-6-14(15)22-2/h4-10H,3H2,1-2H3. The number of rotatable bonds is 4. The fourth-order valence-electron chi connectivity index (χ4n) is 2.22. The first-order valence-corrected chi connectivity index (χ1v) is 6.90. The van der Waals surface area contributed by atoms with E-state index in [0.29, 0.717) is 5.56 Å². The zero-order valence-electron chi connectivity index (χ0n) is 12.6. The Bertz CT molecular complexity index is 691. The van der Waals surface area contributed by atoms with Crippen LogP contribution in [0.15, 0.2) is 42.5 Å². The Labute approximate surface area is 131 Å². The second-order valence-electron chi connectivity index (χ2n) is 4.68. The molecule has 0 bridgehead atoms. The smallest absolute Gasteiger partial charge is 0.417 e. The van der Waals surface area contributed by atoms with Crippen molar-refractivity contribution in [2.45, 2.75) is 13.1 Å². The summed E-state index contributed by atoms with van der Waals surface area (Å²) in [5.41, 5.74) is -0.263. The Morgan fingerprint density at radius 2 is 1.74 bits per heavy atom. The van der Waals surface area contributed by atoms with Crippen molar-refractivity contribution in [1.82, 2.24) is 0 Å². The van der Waals surface area contributed by atoms with Crippen molar-refractivity contribution in [3.63, 3.8) is 0 Å². The monoisotopic (exact) mass is 324 g/mol. The van der Waals surface area contributed by atoms with Gasteiger partial charge in [-0.05, 0) is 36.8 Å². The molecule has 0 unspecified atom stereocenters. The molecule has 0 aliphatic carbocycles. The van der Waals surface area contributed by atoms with Crippen LogP contribution >= 0.6 is 0 Å². The SMILES string of the molecule is CCOC(=O)c1ccc(-c2c(OC)cccc2C(F)(F)F)cc1. The van der Waals surface area contributed by atoms with Crippen LogP contribution in [0, 0.1) is 0 Å². The van der Waals surface area contributed by atoms with Gasteiger partial charge in [-0.1, -0.05) is 18.2 Å². The van der Waals surface area contributed by atoms with Gasteiger partial charge < -0.3 is 9.47 Å². The van der Waals surface area contributed by atoms with Crippen LogP contribution in [-0.4, -0.2) is 19.7 Å². The summed E-state index contributed by atoms with van der Waals surface area (Å²) in [6.45, 7) is 1.90. The summed E-state index contributed by atoms with van der Waals surface area (Å²) in [4.78, 5) is 11.6. The molecule has 0 radical (unpaired) electrons. The zero-order valence-corrected chi connectivity index (χ0v) is 12.6. The van der Waals surface area contributed by atoms with Crippen LogP contribution in [0.1, 0.15) is 22.8 Å². The van der Waals surface area contributed by atoms with E-state index in [4.69, 9.17) is 9.47 Å². The minimum Gasteiger partial charge on any atom is -0.496 e. The van der Waals surface area contributed by atoms with Gasteiger partial charge in [0.05, 0.1) is 24.8 Å². The van der Waals surface area contributed by atoms with Crippen LogP contribution in [0.5, 0.6) is 5.75 Å². The van der Waals surface area contributed by atoms with Crippen molar-refractivity contribution in [2.24, 2.45) is 0 Å². The molecule has 122 valence electrons. The number of carbonyl (C=O) groups excluding carboxylic acids is 1. The van der Waals surface area contributed by atoms with Gasteiger partial charge in [0.1, 0.15) is 5.75 Å². The lowest BCUT2D eigenvalue weighted by Crippen LogP contribution is -2.08. The molecule has 0 aliphatic rings. The lowest BCUT2D eigenvalue weighted by Gasteiger charge is -2.16. The molecule has 0 N–H and O–H groups in total. The van der Waals surface area contributed by atoms with Gasteiger partial charge in [-0.15, -0.1) is 0 Å². The molecule has 6 heteroatoms. The maximum atomic E-state index is 13.2. The van der Waals surface area contributed by atoms with Crippen LogP contribution in [0.4, 0.5) is 13.2 Å². The van der Waals surface area contributed by atoms with Gasteiger partial charge in [0.25, 0.3) is 0 Å². The molecule has 0 spiro atoms. The second-order valence-corrected chi connectivity index (χ2v) is 4.68. The molecule has 0 amide bonds. The first kappa shape index (κ1) is 16.9. The number of hydrogen-bond donors (Lipinski definition) is 0. The maximum Gasteiger partial charge on any atom is 0.417 e. The number of esters is 1. The molecule has 2 aromatic rings. The normalized spacial score (nSPS) is 11.2. The summed E-state index contributed by atoms with van der Waals surface area (Å²) in [5, 5.41) is 0. The van der Waals surface area contributed by atoms with Crippen LogP contribution in [0.3, 0.4) is 0 Å². The molecule has 2 aromatic carbocycles. The summed E-state index contributed by atoms with van der Waals surface area (Å²) in [5.74, 6) is -0.404. The van der Waals surface area contributed by atoms with Gasteiger partial charge in [-0.2, -0.15) is 13.2 Å². The van der Waals surface area contributed by atoms with Gasteiger partial charge >= 0.3 is 12.1 Å². The maximum absolute atomic E-state index is 13.2. The molecule has 23 heavy (non-hydrogen) atoms. The van der Waals surface area contributed by atoms with Crippen molar-refractivity contribution in [2.75, 3.05) is 13.7 Å². The fourth-order valence-corrected chi connectivity index (χ4v) is 2.22. The number of halogens is 3. The van der Waals surface area contributed by atoms with E-state index in [9.17, 15) is 18.0 Å². The Morgan fingerprint density at radius 1 is 1.09 bits per heavy atom. The largest absolute Gasteiger partial charge is 0.496 e. The topological polar surface area (TPSA) is 35.5 Å². The van der Waals surface area contributed by atoms with Gasteiger partial charge in [-0.25, -0.2) is 4.79 Å². The molecule has 0 saturated carbocycles. The Morgan fingerprint density at radius 3 is 2.26 bits per heavy atom. The summed E-state index contributed by atoms with van der Waals surface area (Å²) in [6.07, 6.45) is -4.51. The Balaban J connectivity index is 2.51. The second kappa shape index (κ2) is 6.73. The van der Waals surface area contributed by atoms with Gasteiger partial charge in [0.15, 0.2) is 0 Å². The van der Waals surface area contributed by atoms with E-state index >= 15 is 0 Å². The van der Waals surface area contributed by atoms with Crippen molar-refractivity contribution in [3.8, 4) is 16.9 Å². The van der Waals surface area contributed by atoms with E-state index in [0.717, 1.165) is 6.07 Å². The zero-order chi connectivity index (χ0) is 17.0. The molecule has 0 heterocycles. The van der Waals surface area contributed by atoms with Crippen LogP contribution < -0.4 is 4.74 Å². The van der Waals surface area contributed by atoms with Crippen LogP contribution in [0.25, 0.3) is 11.1 Å². The van der Waals surface area contributed by atoms with E-state index in [1.165, 1.54) is 43.5 Å². The molecule has 0 saturated heterocycles. The van der Waals surface area contributed by atoms with Crippen LogP contribution in [0.2, 0.25) is 0 Å². The average molecular weight is 324 g/mol. The van der Waals surface area contributed by atoms with Crippen molar-refractivity contribution < 1.29 is 27.4 Å². The quantitative estimate of drug-likeness (QED) is 0.774. The van der Waals surface area contributed by atoms with E-state index < -0.39 is 17.7 Å². The van der Waals surface area contributed by atoms with Crippen molar-refractivity contribution in [1.29, 1.82) is 0 Å². The van der Waals surface area contributed by atoms with Crippen molar-refractivity contribution in [3.05, 3.63) is 53.6 Å². The molecular weight excluding hydrogens is 309 g/mol. The highest BCUT2D eigenvalue weighted by molar-refractivity contribution is 5.90. The third kappa shape index (κ3) is 3.64. The highest BCUT2D eigenvalue weighted by Gasteiger charge is 2.35. The predicted molar refractivity (Wildman–Crippen MR) is 79.4 cm³/mol. The first-order valence-electron chi connectivity index (χ1n) is 6.90. The molecule has 0 aliphatic heterocycles. The summed E-state index contributed by atoms with van der Waals surface area (Å²) in [6, 6.07) is 9.50. The molecular formula is C17H15F3O3. The highest BCUT2D eigenvalue weighted by Crippen LogP contribution is 2.42. The number of hydrogen-bond acceptors (Lipinski definition) is 3. The lowest BCUT2D eigenvalue weighted by atomic mass is 9.97. The summed E-state index contributed by atoms with van der Waals surface area (Å²) < 4.78 is 49.6. The van der Waals surface area contributed by atoms with E-state index in [1.807, 2.05) is 0 Å². The number of ether oxygens (including phenoxy) is 2. The Hall–Kier alpha value is -2.50. The van der Waals surface area contributed by atoms with Crippen LogP contribution in [-0.2, 0) is 10.9 Å². The third-order valence-corrected chi connectivity index (χ3v) is 3.24. The number of methoxy groups -OCH3 is 1. The molecule has 3 nitrogen and oxygen atoms in total. The summed E-state index contributed by atoms with van der Waals surface area (Å²) in [7, 11) is 1.31. The van der Waals surface area contributed by atoms with Crippen molar-refractivity contribution >= 4 is 5.97 Å². The molecule has 2 rings (SSSR count). The molecule has 0 atom stereocenters. The van der Waals surface area contributed by atoms with Gasteiger partial charge in [0, 0.05) is 5.56 Å². The minimum absolute atomic E-state index is 0.0575. The number of alkyl halides is 3. The van der Waals surface area contributed by atoms with Gasteiger partial charge in [-0.3, -0.25) is 0 Å². The predicted octanol–water partition coefficient (Wildman–Crippen LogP) is 4.56. The van der Waals surface area contributed by atoms with E-state index in [2.05, 4.69) is 0 Å². The van der Waals surface area contributed by atoms with E-state index in [-0.39, 0.29) is 23.5 Å². The van der Waals surface area contributed by atoms with Gasteiger partial charge in [0.2, 0.25) is 0 Å². The average Bonchev–Trinajstić information content (AvgIpc) is 2.53. The number of carbonyl (C=O) groups is 1. The summed E-state index contributed by atoms with van der Waals surface area (Å²) >= 11 is 0. The third-order valence-electron chi connectivity index (χ3n) is 3.24. The number of benzene rings is 2. The van der Waals surface area contributed by atoms with E-state index in [1.54, 1.807) is 6.92 Å².